The number of ether oxygens (including phenoxy) is 1. The summed E-state index contributed by atoms with van der Waals surface area (Å²) in [5.41, 5.74) is 4.31. The lowest BCUT2D eigenvalue weighted by Gasteiger charge is -2.40. The largest absolute Gasteiger partial charge is 0.481 e. The van der Waals surface area contributed by atoms with Crippen LogP contribution >= 0.6 is 0 Å². The van der Waals surface area contributed by atoms with Crippen molar-refractivity contribution in [1.82, 2.24) is 10.6 Å². The van der Waals surface area contributed by atoms with Gasteiger partial charge in [-0.25, -0.2) is 4.79 Å². The fourth-order valence-electron chi connectivity index (χ4n) is 5.38. The van der Waals surface area contributed by atoms with E-state index in [0.717, 1.165) is 36.8 Å². The van der Waals surface area contributed by atoms with Crippen molar-refractivity contribution >= 4 is 18.0 Å². The Morgan fingerprint density at radius 1 is 1.06 bits per heavy atom. The van der Waals surface area contributed by atoms with Gasteiger partial charge in [-0.3, -0.25) is 9.59 Å². The van der Waals surface area contributed by atoms with E-state index in [0.29, 0.717) is 13.0 Å². The molecule has 0 aromatic heterocycles. The molecule has 7 heteroatoms. The van der Waals surface area contributed by atoms with Gasteiger partial charge in [0.15, 0.2) is 0 Å². The molecule has 0 aliphatic heterocycles. The molecular weight excluding hydrogens is 444 g/mol. The number of carboxylic acids is 1. The first-order valence-corrected chi connectivity index (χ1v) is 12.5. The highest BCUT2D eigenvalue weighted by Gasteiger charge is 2.39. The Morgan fingerprint density at radius 2 is 1.69 bits per heavy atom. The molecule has 35 heavy (non-hydrogen) atoms. The van der Waals surface area contributed by atoms with Crippen molar-refractivity contribution in [1.29, 1.82) is 0 Å². The van der Waals surface area contributed by atoms with Crippen LogP contribution in [0.1, 0.15) is 68.9 Å². The molecule has 2 amide bonds. The van der Waals surface area contributed by atoms with E-state index in [1.54, 1.807) is 0 Å². The first-order valence-electron chi connectivity index (χ1n) is 12.5. The number of carboxylic acid groups (broad SMARTS) is 1. The maximum Gasteiger partial charge on any atom is 0.407 e. The zero-order chi connectivity index (χ0) is 24.8. The molecule has 1 atom stereocenters. The van der Waals surface area contributed by atoms with Crippen molar-refractivity contribution in [2.75, 3.05) is 13.2 Å². The van der Waals surface area contributed by atoms with Gasteiger partial charge in [0.05, 0.1) is 6.42 Å². The Morgan fingerprint density at radius 3 is 2.23 bits per heavy atom. The number of nitrogens with one attached hydrogen (secondary N) is 2. The van der Waals surface area contributed by atoms with Gasteiger partial charge in [0.1, 0.15) is 6.61 Å². The standard InChI is InChI=1S/C28H34N2O5/c1-2-8-19(15-25(31)29-18-28(13-7-14-28)16-26(32)33)30-27(34)35-17-24-22-11-5-3-9-20(22)21-10-4-6-12-23(21)24/h3-6,9-12,19,24H,2,7-8,13-18H2,1H3,(H,29,31)(H,30,34)(H,32,33)/t19-/m0/s1. The number of carbonyl (C=O) groups excluding carboxylic acids is 2. The van der Waals surface area contributed by atoms with E-state index in [2.05, 4.69) is 34.9 Å². The maximum atomic E-state index is 12.7. The van der Waals surface area contributed by atoms with Gasteiger partial charge in [-0.05, 0) is 46.9 Å². The molecule has 0 unspecified atom stereocenters. The number of carbonyl (C=O) groups is 3. The van der Waals surface area contributed by atoms with E-state index in [1.807, 2.05) is 31.2 Å². The van der Waals surface area contributed by atoms with Crippen LogP contribution in [0.3, 0.4) is 0 Å². The van der Waals surface area contributed by atoms with Crippen molar-refractivity contribution in [3.63, 3.8) is 0 Å². The lowest BCUT2D eigenvalue weighted by molar-refractivity contribution is -0.141. The minimum atomic E-state index is -0.834. The van der Waals surface area contributed by atoms with Crippen molar-refractivity contribution < 1.29 is 24.2 Å². The first-order chi connectivity index (χ1) is 16.9. The zero-order valence-electron chi connectivity index (χ0n) is 20.2. The van der Waals surface area contributed by atoms with Crippen molar-refractivity contribution in [3.8, 4) is 11.1 Å². The smallest absolute Gasteiger partial charge is 0.407 e. The minimum absolute atomic E-state index is 0.0195. The lowest BCUT2D eigenvalue weighted by atomic mass is 9.66. The molecule has 2 aliphatic carbocycles. The summed E-state index contributed by atoms with van der Waals surface area (Å²) in [6.45, 7) is 2.59. The van der Waals surface area contributed by atoms with Gasteiger partial charge in [0.25, 0.3) is 0 Å². The van der Waals surface area contributed by atoms with E-state index in [4.69, 9.17) is 9.84 Å². The highest BCUT2D eigenvalue weighted by molar-refractivity contribution is 5.79. The van der Waals surface area contributed by atoms with Crippen LogP contribution in [-0.2, 0) is 14.3 Å². The molecule has 3 N–H and O–H groups in total. The molecule has 2 aliphatic rings. The Balaban J connectivity index is 1.30. The topological polar surface area (TPSA) is 105 Å². The molecule has 0 spiro atoms. The summed E-state index contributed by atoms with van der Waals surface area (Å²) in [4.78, 5) is 36.4. The predicted octanol–water partition coefficient (Wildman–Crippen LogP) is 4.85. The quantitative estimate of drug-likeness (QED) is 0.428. The van der Waals surface area contributed by atoms with Crippen LogP contribution in [0.2, 0.25) is 0 Å². The van der Waals surface area contributed by atoms with Crippen LogP contribution in [0.15, 0.2) is 48.5 Å². The number of hydrogen-bond donors (Lipinski definition) is 3. The van der Waals surface area contributed by atoms with E-state index < -0.39 is 12.1 Å². The minimum Gasteiger partial charge on any atom is -0.481 e. The Hall–Kier alpha value is -3.35. The van der Waals surface area contributed by atoms with E-state index in [-0.39, 0.29) is 42.7 Å². The monoisotopic (exact) mass is 478 g/mol. The number of aliphatic carboxylic acids is 1. The number of rotatable bonds is 11. The molecule has 7 nitrogen and oxygen atoms in total. The summed E-state index contributed by atoms with van der Waals surface area (Å²) in [5, 5.41) is 14.9. The first kappa shape index (κ1) is 24.8. The van der Waals surface area contributed by atoms with Crippen LogP contribution in [-0.4, -0.2) is 42.3 Å². The van der Waals surface area contributed by atoms with Crippen molar-refractivity contribution in [2.24, 2.45) is 5.41 Å². The molecule has 2 aromatic rings. The van der Waals surface area contributed by atoms with E-state index in [9.17, 15) is 14.4 Å². The number of hydrogen-bond acceptors (Lipinski definition) is 4. The van der Waals surface area contributed by atoms with Crippen molar-refractivity contribution in [2.45, 2.75) is 63.8 Å². The summed E-state index contributed by atoms with van der Waals surface area (Å²) < 4.78 is 5.64. The Labute approximate surface area is 206 Å². The number of amides is 2. The third kappa shape index (κ3) is 5.84. The SMILES string of the molecule is CCC[C@@H](CC(=O)NCC1(CC(=O)O)CCC1)NC(=O)OCC1c2ccccc2-c2ccccc21. The van der Waals surface area contributed by atoms with Crippen LogP contribution in [0.25, 0.3) is 11.1 Å². The molecule has 2 aromatic carbocycles. The molecule has 186 valence electrons. The van der Waals surface area contributed by atoms with E-state index in [1.165, 1.54) is 11.1 Å². The fourth-order valence-corrected chi connectivity index (χ4v) is 5.38. The maximum absolute atomic E-state index is 12.7. The van der Waals surface area contributed by atoms with Gasteiger partial charge in [-0.15, -0.1) is 0 Å². The highest BCUT2D eigenvalue weighted by atomic mass is 16.5. The summed E-state index contributed by atoms with van der Waals surface area (Å²) in [6.07, 6.45) is 3.77. The fraction of sp³-hybridized carbons (Fsp3) is 0.464. The zero-order valence-corrected chi connectivity index (χ0v) is 20.2. The van der Waals surface area contributed by atoms with Gasteiger partial charge in [0, 0.05) is 24.9 Å². The molecule has 4 rings (SSSR count). The third-order valence-corrected chi connectivity index (χ3v) is 7.34. The van der Waals surface area contributed by atoms with Gasteiger partial charge in [-0.2, -0.15) is 0 Å². The third-order valence-electron chi connectivity index (χ3n) is 7.34. The average molecular weight is 479 g/mol. The average Bonchev–Trinajstić information content (AvgIpc) is 3.13. The lowest BCUT2D eigenvalue weighted by Crippen LogP contribution is -2.45. The van der Waals surface area contributed by atoms with Crippen LogP contribution in [0, 0.1) is 5.41 Å². The van der Waals surface area contributed by atoms with E-state index >= 15 is 0 Å². The van der Waals surface area contributed by atoms with Crippen LogP contribution in [0.5, 0.6) is 0 Å². The summed E-state index contributed by atoms with van der Waals surface area (Å²) in [6, 6.07) is 16.0. The van der Waals surface area contributed by atoms with Gasteiger partial charge >= 0.3 is 12.1 Å². The highest BCUT2D eigenvalue weighted by Crippen LogP contribution is 2.45. The number of benzene rings is 2. The number of fused-ring (bicyclic) bond motifs is 3. The second-order valence-corrected chi connectivity index (χ2v) is 9.86. The van der Waals surface area contributed by atoms with Gasteiger partial charge in [0.2, 0.25) is 5.91 Å². The molecular formula is C28H34N2O5. The van der Waals surface area contributed by atoms with Crippen LogP contribution in [0.4, 0.5) is 4.79 Å². The molecule has 0 heterocycles. The molecule has 1 fully saturated rings. The Kier molecular flexibility index (Phi) is 7.73. The molecule has 0 saturated heterocycles. The van der Waals surface area contributed by atoms with Crippen LogP contribution < -0.4 is 10.6 Å². The second kappa shape index (κ2) is 10.9. The molecule has 1 saturated carbocycles. The predicted molar refractivity (Wildman–Crippen MR) is 133 cm³/mol. The Bertz CT molecular complexity index is 1030. The number of alkyl carbamates (subject to hydrolysis) is 1. The second-order valence-electron chi connectivity index (χ2n) is 9.86. The normalized spacial score (nSPS) is 16.4. The summed E-state index contributed by atoms with van der Waals surface area (Å²) in [5.74, 6) is -1.03. The van der Waals surface area contributed by atoms with Gasteiger partial charge < -0.3 is 20.5 Å². The van der Waals surface area contributed by atoms with Gasteiger partial charge in [-0.1, -0.05) is 68.3 Å². The molecule has 0 bridgehead atoms. The molecule has 0 radical (unpaired) electrons. The summed E-state index contributed by atoms with van der Waals surface area (Å²) in [7, 11) is 0. The van der Waals surface area contributed by atoms with Crippen molar-refractivity contribution in [3.05, 3.63) is 59.7 Å². The summed E-state index contributed by atoms with van der Waals surface area (Å²) >= 11 is 0.